The minimum Gasteiger partial charge on any atom is -0.465 e. The van der Waals surface area contributed by atoms with Crippen molar-refractivity contribution in [3.8, 4) is 0 Å². The van der Waals surface area contributed by atoms with Gasteiger partial charge in [-0.3, -0.25) is 5.10 Å². The molecule has 1 unspecified atom stereocenters. The number of rotatable bonds is 7. The standard InChI is InChI=1S/C20H20N4O6S/c1-12-21-18(23-22-12)17(13-7-5-4-6-8-13)24-31(27,28)16-10-14(19(25)29-2)9-15(11-16)20(26)30-3/h4-11,17,24H,1-3H3,(H,21,22,23). The number of hydrogen-bond acceptors (Lipinski definition) is 8. The van der Waals surface area contributed by atoms with E-state index in [0.717, 1.165) is 26.4 Å². The monoisotopic (exact) mass is 444 g/mol. The van der Waals surface area contributed by atoms with Crippen molar-refractivity contribution in [2.75, 3.05) is 14.2 Å². The molecule has 0 saturated carbocycles. The van der Waals surface area contributed by atoms with Crippen LogP contribution in [0.15, 0.2) is 53.4 Å². The van der Waals surface area contributed by atoms with E-state index in [2.05, 4.69) is 29.4 Å². The Balaban J connectivity index is 2.08. The molecule has 0 saturated heterocycles. The van der Waals surface area contributed by atoms with E-state index in [1.165, 1.54) is 6.07 Å². The normalized spacial score (nSPS) is 12.2. The van der Waals surface area contributed by atoms with Gasteiger partial charge in [-0.2, -0.15) is 9.82 Å². The molecule has 1 atom stereocenters. The average molecular weight is 444 g/mol. The number of aromatic nitrogens is 3. The molecule has 0 aliphatic heterocycles. The summed E-state index contributed by atoms with van der Waals surface area (Å²) in [5, 5.41) is 6.77. The number of nitrogens with zero attached hydrogens (tertiary/aromatic N) is 2. The van der Waals surface area contributed by atoms with Gasteiger partial charge < -0.3 is 9.47 Å². The fourth-order valence-electron chi connectivity index (χ4n) is 2.85. The van der Waals surface area contributed by atoms with Crippen molar-refractivity contribution in [2.45, 2.75) is 17.9 Å². The second-order valence-electron chi connectivity index (χ2n) is 6.47. The lowest BCUT2D eigenvalue weighted by atomic mass is 10.1. The van der Waals surface area contributed by atoms with Crippen LogP contribution in [0.2, 0.25) is 0 Å². The Labute approximate surface area is 178 Å². The number of methoxy groups -OCH3 is 2. The lowest BCUT2D eigenvalue weighted by Crippen LogP contribution is -2.30. The quantitative estimate of drug-likeness (QED) is 0.525. The van der Waals surface area contributed by atoms with Crippen LogP contribution in [0.5, 0.6) is 0 Å². The summed E-state index contributed by atoms with van der Waals surface area (Å²) >= 11 is 0. The highest BCUT2D eigenvalue weighted by Gasteiger charge is 2.28. The predicted molar refractivity (Wildman–Crippen MR) is 109 cm³/mol. The third-order valence-corrected chi connectivity index (χ3v) is 5.74. The van der Waals surface area contributed by atoms with E-state index in [1.54, 1.807) is 37.3 Å². The summed E-state index contributed by atoms with van der Waals surface area (Å²) in [6, 6.07) is 11.3. The van der Waals surface area contributed by atoms with E-state index in [1.807, 2.05) is 0 Å². The fraction of sp³-hybridized carbons (Fsp3) is 0.200. The Bertz CT molecular complexity index is 1170. The van der Waals surface area contributed by atoms with Crippen LogP contribution >= 0.6 is 0 Å². The Kier molecular flexibility index (Phi) is 6.47. The number of carbonyl (C=O) groups excluding carboxylic acids is 2. The lowest BCUT2D eigenvalue weighted by Gasteiger charge is -2.17. The highest BCUT2D eigenvalue weighted by molar-refractivity contribution is 7.89. The van der Waals surface area contributed by atoms with Crippen LogP contribution in [0.4, 0.5) is 0 Å². The van der Waals surface area contributed by atoms with Gasteiger partial charge in [0.2, 0.25) is 10.0 Å². The van der Waals surface area contributed by atoms with Gasteiger partial charge in [0.05, 0.1) is 30.2 Å². The zero-order valence-electron chi connectivity index (χ0n) is 16.9. The molecule has 3 aromatic rings. The molecule has 10 nitrogen and oxygen atoms in total. The summed E-state index contributed by atoms with van der Waals surface area (Å²) < 4.78 is 38.4. The van der Waals surface area contributed by atoms with E-state index < -0.39 is 28.0 Å². The number of aryl methyl sites for hydroxylation is 1. The summed E-state index contributed by atoms with van der Waals surface area (Å²) in [4.78, 5) is 27.9. The molecule has 2 aromatic carbocycles. The molecule has 162 valence electrons. The van der Waals surface area contributed by atoms with E-state index >= 15 is 0 Å². The van der Waals surface area contributed by atoms with Gasteiger partial charge in [-0.1, -0.05) is 30.3 Å². The van der Waals surface area contributed by atoms with Gasteiger partial charge in [-0.25, -0.2) is 23.0 Å². The van der Waals surface area contributed by atoms with Crippen LogP contribution in [0.3, 0.4) is 0 Å². The lowest BCUT2D eigenvalue weighted by molar-refractivity contribution is 0.0598. The smallest absolute Gasteiger partial charge is 0.337 e. The topological polar surface area (TPSA) is 140 Å². The third-order valence-electron chi connectivity index (χ3n) is 4.34. The first-order valence-electron chi connectivity index (χ1n) is 9.03. The molecule has 0 bridgehead atoms. The van der Waals surface area contributed by atoms with Crippen molar-refractivity contribution in [2.24, 2.45) is 0 Å². The number of H-pyrrole nitrogens is 1. The molecule has 11 heteroatoms. The number of nitrogens with one attached hydrogen (secondary N) is 2. The van der Waals surface area contributed by atoms with Crippen molar-refractivity contribution in [1.82, 2.24) is 19.9 Å². The van der Waals surface area contributed by atoms with Crippen LogP contribution in [0.25, 0.3) is 0 Å². The van der Waals surface area contributed by atoms with Gasteiger partial charge in [-0.15, -0.1) is 0 Å². The van der Waals surface area contributed by atoms with E-state index in [0.29, 0.717) is 11.4 Å². The van der Waals surface area contributed by atoms with Crippen molar-refractivity contribution in [3.05, 3.63) is 76.9 Å². The van der Waals surface area contributed by atoms with E-state index in [4.69, 9.17) is 0 Å². The highest BCUT2D eigenvalue weighted by atomic mass is 32.2. The second-order valence-corrected chi connectivity index (χ2v) is 8.19. The number of esters is 2. The Morgan fingerprint density at radius 2 is 1.58 bits per heavy atom. The zero-order valence-corrected chi connectivity index (χ0v) is 17.8. The van der Waals surface area contributed by atoms with Gasteiger partial charge in [0.25, 0.3) is 0 Å². The van der Waals surface area contributed by atoms with Gasteiger partial charge in [-0.05, 0) is 30.7 Å². The van der Waals surface area contributed by atoms with Crippen molar-refractivity contribution >= 4 is 22.0 Å². The molecular formula is C20H20N4O6S. The molecule has 3 rings (SSSR count). The highest BCUT2D eigenvalue weighted by Crippen LogP contribution is 2.24. The van der Waals surface area contributed by atoms with Crippen LogP contribution in [0, 0.1) is 6.92 Å². The number of carbonyl (C=O) groups is 2. The molecule has 1 heterocycles. The largest absolute Gasteiger partial charge is 0.465 e. The molecule has 0 aliphatic carbocycles. The maximum atomic E-state index is 13.2. The number of ether oxygens (including phenoxy) is 2. The number of sulfonamides is 1. The van der Waals surface area contributed by atoms with Crippen LogP contribution < -0.4 is 4.72 Å². The number of benzene rings is 2. The van der Waals surface area contributed by atoms with E-state index in [9.17, 15) is 18.0 Å². The first-order valence-corrected chi connectivity index (χ1v) is 10.5. The Morgan fingerprint density at radius 3 is 2.06 bits per heavy atom. The van der Waals surface area contributed by atoms with E-state index in [-0.39, 0.29) is 21.8 Å². The zero-order chi connectivity index (χ0) is 22.6. The van der Waals surface area contributed by atoms with Gasteiger partial charge >= 0.3 is 11.9 Å². The molecular weight excluding hydrogens is 424 g/mol. The minimum absolute atomic E-state index is 0.115. The molecule has 0 radical (unpaired) electrons. The van der Waals surface area contributed by atoms with Gasteiger partial charge in [0, 0.05) is 0 Å². The fourth-order valence-corrected chi connectivity index (χ4v) is 4.11. The van der Waals surface area contributed by atoms with Crippen molar-refractivity contribution in [1.29, 1.82) is 0 Å². The SMILES string of the molecule is COC(=O)c1cc(C(=O)OC)cc(S(=O)(=O)NC(c2ccccc2)c2n[nH]c(C)n2)c1. The number of aromatic amines is 1. The van der Waals surface area contributed by atoms with Crippen LogP contribution in [-0.4, -0.2) is 49.8 Å². The second kappa shape index (κ2) is 9.06. The van der Waals surface area contributed by atoms with Crippen molar-refractivity contribution in [3.63, 3.8) is 0 Å². The summed E-state index contributed by atoms with van der Waals surface area (Å²) in [7, 11) is -1.94. The maximum Gasteiger partial charge on any atom is 0.337 e. The Hall–Kier alpha value is -3.57. The Morgan fingerprint density at radius 1 is 1.00 bits per heavy atom. The van der Waals surface area contributed by atoms with Crippen molar-refractivity contribution < 1.29 is 27.5 Å². The molecule has 0 spiro atoms. The molecule has 31 heavy (non-hydrogen) atoms. The van der Waals surface area contributed by atoms with Gasteiger partial charge in [0.1, 0.15) is 11.9 Å². The molecule has 2 N–H and O–H groups in total. The molecule has 0 fully saturated rings. The third kappa shape index (κ3) is 4.95. The molecule has 0 aliphatic rings. The summed E-state index contributed by atoms with van der Waals surface area (Å²) in [6.45, 7) is 1.69. The maximum absolute atomic E-state index is 13.2. The molecule has 1 aromatic heterocycles. The van der Waals surface area contributed by atoms with Gasteiger partial charge in [0.15, 0.2) is 5.82 Å². The molecule has 0 amide bonds. The summed E-state index contributed by atoms with van der Waals surface area (Å²) in [6.07, 6.45) is 0. The summed E-state index contributed by atoms with van der Waals surface area (Å²) in [5.74, 6) is -0.877. The average Bonchev–Trinajstić information content (AvgIpc) is 3.22. The predicted octanol–water partition coefficient (Wildman–Crippen LogP) is 1.75. The summed E-state index contributed by atoms with van der Waals surface area (Å²) in [5.41, 5.74) is 0.369. The first-order chi connectivity index (χ1) is 14.7. The van der Waals surface area contributed by atoms with Crippen LogP contribution in [-0.2, 0) is 19.5 Å². The number of hydrogen-bond donors (Lipinski definition) is 2. The minimum atomic E-state index is -4.23. The van der Waals surface area contributed by atoms with Crippen LogP contribution in [0.1, 0.15) is 44.0 Å². The first kappa shape index (κ1) is 22.1.